The van der Waals surface area contributed by atoms with Gasteiger partial charge in [0, 0.05) is 25.6 Å². The Morgan fingerprint density at radius 2 is 1.81 bits per heavy atom. The molecule has 1 heterocycles. The largest absolute Gasteiger partial charge is 0.356 e. The molecule has 0 radical (unpaired) electrons. The Morgan fingerprint density at radius 3 is 2.58 bits per heavy atom. The number of hydrogen-bond donors (Lipinski definition) is 3. The Bertz CT molecular complexity index is 761. The molecule has 1 aromatic carbocycles. The third kappa shape index (κ3) is 7.35. The number of benzene rings is 1. The van der Waals surface area contributed by atoms with Crippen LogP contribution in [-0.2, 0) is 9.59 Å². The van der Waals surface area contributed by atoms with E-state index in [1.807, 2.05) is 19.1 Å². The molecule has 0 bridgehead atoms. The standard InChI is InChI=1S/C24H36N4O3/c1-2-8-22(29)25-15-18-9-7-14-28(16-18)17-23(30)27-21-13-6-5-12-20(21)24(31)26-19-10-3-4-11-19/h5-6,12-13,18-19H,2-4,7-11,14-17H2,1H3,(H,25,29)(H,26,31)(H,27,30). The predicted octanol–water partition coefficient (Wildman–Crippen LogP) is 2.93. The highest BCUT2D eigenvalue weighted by molar-refractivity contribution is 6.04. The van der Waals surface area contributed by atoms with Crippen molar-refractivity contribution in [2.75, 3.05) is 31.5 Å². The lowest BCUT2D eigenvalue weighted by atomic mass is 9.98. The number of nitrogens with one attached hydrogen (secondary N) is 3. The number of para-hydroxylation sites is 1. The minimum absolute atomic E-state index is 0.102. The molecular weight excluding hydrogens is 392 g/mol. The maximum atomic E-state index is 12.7. The fourth-order valence-electron chi connectivity index (χ4n) is 4.55. The van der Waals surface area contributed by atoms with Crippen LogP contribution in [0, 0.1) is 5.92 Å². The summed E-state index contributed by atoms with van der Waals surface area (Å²) < 4.78 is 0. The van der Waals surface area contributed by atoms with Crippen molar-refractivity contribution >= 4 is 23.4 Å². The monoisotopic (exact) mass is 428 g/mol. The summed E-state index contributed by atoms with van der Waals surface area (Å²) in [5.41, 5.74) is 1.07. The van der Waals surface area contributed by atoms with Gasteiger partial charge in [-0.2, -0.15) is 0 Å². The van der Waals surface area contributed by atoms with E-state index in [1.54, 1.807) is 12.1 Å². The average Bonchev–Trinajstić information content (AvgIpc) is 3.26. The zero-order valence-electron chi connectivity index (χ0n) is 18.6. The molecule has 31 heavy (non-hydrogen) atoms. The highest BCUT2D eigenvalue weighted by Gasteiger charge is 2.23. The molecule has 1 aromatic rings. The number of amides is 3. The molecule has 0 aromatic heterocycles. The Labute approximate surface area is 185 Å². The minimum atomic E-state index is -0.122. The van der Waals surface area contributed by atoms with E-state index in [9.17, 15) is 14.4 Å². The average molecular weight is 429 g/mol. The Morgan fingerprint density at radius 1 is 1.03 bits per heavy atom. The number of piperidine rings is 1. The van der Waals surface area contributed by atoms with E-state index >= 15 is 0 Å². The highest BCUT2D eigenvalue weighted by atomic mass is 16.2. The smallest absolute Gasteiger partial charge is 0.253 e. The Hall–Kier alpha value is -2.41. The summed E-state index contributed by atoms with van der Waals surface area (Å²) in [5, 5.41) is 9.03. The summed E-state index contributed by atoms with van der Waals surface area (Å²) in [5.74, 6) is 0.233. The van der Waals surface area contributed by atoms with Gasteiger partial charge in [0.2, 0.25) is 11.8 Å². The normalized spacial score (nSPS) is 19.7. The SMILES string of the molecule is CCCC(=O)NCC1CCCN(CC(=O)Nc2ccccc2C(=O)NC2CCCC2)C1. The van der Waals surface area contributed by atoms with Gasteiger partial charge in [-0.05, 0) is 56.7 Å². The molecule has 3 rings (SSSR count). The third-order valence-electron chi connectivity index (χ3n) is 6.17. The van der Waals surface area contributed by atoms with Gasteiger partial charge in [0.05, 0.1) is 17.8 Å². The molecule has 3 amide bonds. The van der Waals surface area contributed by atoms with Gasteiger partial charge in [0.15, 0.2) is 0 Å². The van der Waals surface area contributed by atoms with Crippen LogP contribution in [0.5, 0.6) is 0 Å². The van der Waals surface area contributed by atoms with E-state index in [2.05, 4.69) is 20.9 Å². The molecule has 2 aliphatic rings. The molecule has 0 spiro atoms. The van der Waals surface area contributed by atoms with E-state index < -0.39 is 0 Å². The van der Waals surface area contributed by atoms with E-state index in [0.29, 0.717) is 30.1 Å². The summed E-state index contributed by atoms with van der Waals surface area (Å²) in [6, 6.07) is 7.43. The second-order valence-corrected chi connectivity index (χ2v) is 8.85. The second-order valence-electron chi connectivity index (χ2n) is 8.85. The molecule has 1 aliphatic carbocycles. The van der Waals surface area contributed by atoms with Crippen molar-refractivity contribution in [2.45, 2.75) is 64.3 Å². The summed E-state index contributed by atoms with van der Waals surface area (Å²) >= 11 is 0. The van der Waals surface area contributed by atoms with Gasteiger partial charge in [-0.25, -0.2) is 0 Å². The van der Waals surface area contributed by atoms with Gasteiger partial charge in [0.25, 0.3) is 5.91 Å². The minimum Gasteiger partial charge on any atom is -0.356 e. The van der Waals surface area contributed by atoms with Gasteiger partial charge in [0.1, 0.15) is 0 Å². The van der Waals surface area contributed by atoms with Crippen LogP contribution in [0.2, 0.25) is 0 Å². The van der Waals surface area contributed by atoms with Crippen LogP contribution in [0.25, 0.3) is 0 Å². The van der Waals surface area contributed by atoms with Crippen molar-refractivity contribution in [1.82, 2.24) is 15.5 Å². The third-order valence-corrected chi connectivity index (χ3v) is 6.17. The van der Waals surface area contributed by atoms with Crippen molar-refractivity contribution in [1.29, 1.82) is 0 Å². The molecule has 7 heteroatoms. The summed E-state index contributed by atoms with van der Waals surface area (Å²) in [6.45, 7) is 4.62. The van der Waals surface area contributed by atoms with Crippen LogP contribution < -0.4 is 16.0 Å². The van der Waals surface area contributed by atoms with E-state index in [4.69, 9.17) is 0 Å². The van der Waals surface area contributed by atoms with Crippen LogP contribution in [0.15, 0.2) is 24.3 Å². The topological polar surface area (TPSA) is 90.5 Å². The summed E-state index contributed by atoms with van der Waals surface area (Å²) in [7, 11) is 0. The molecule has 1 saturated heterocycles. The molecule has 1 aliphatic heterocycles. The summed E-state index contributed by atoms with van der Waals surface area (Å²) in [4.78, 5) is 39.3. The summed E-state index contributed by atoms with van der Waals surface area (Å²) in [6.07, 6.45) is 7.85. The fraction of sp³-hybridized carbons (Fsp3) is 0.625. The molecule has 1 atom stereocenters. The molecular formula is C24H36N4O3. The Kier molecular flexibility index (Phi) is 8.88. The first-order chi connectivity index (χ1) is 15.0. The zero-order chi connectivity index (χ0) is 22.1. The molecule has 1 unspecified atom stereocenters. The van der Waals surface area contributed by atoms with E-state index in [1.165, 1.54) is 0 Å². The highest BCUT2D eigenvalue weighted by Crippen LogP contribution is 2.21. The van der Waals surface area contributed by atoms with Crippen LogP contribution in [0.3, 0.4) is 0 Å². The number of nitrogens with zero attached hydrogens (tertiary/aromatic N) is 1. The molecule has 1 saturated carbocycles. The van der Waals surface area contributed by atoms with Crippen molar-refractivity contribution in [2.24, 2.45) is 5.92 Å². The van der Waals surface area contributed by atoms with Crippen molar-refractivity contribution in [3.63, 3.8) is 0 Å². The molecule has 170 valence electrons. The van der Waals surface area contributed by atoms with Gasteiger partial charge in [-0.1, -0.05) is 31.9 Å². The van der Waals surface area contributed by atoms with Gasteiger partial charge >= 0.3 is 0 Å². The van der Waals surface area contributed by atoms with E-state index in [-0.39, 0.29) is 30.3 Å². The number of anilines is 1. The molecule has 2 fully saturated rings. The predicted molar refractivity (Wildman–Crippen MR) is 122 cm³/mol. The maximum absolute atomic E-state index is 12.7. The Balaban J connectivity index is 1.50. The van der Waals surface area contributed by atoms with Crippen LogP contribution in [0.1, 0.15) is 68.6 Å². The fourth-order valence-corrected chi connectivity index (χ4v) is 4.55. The molecule has 7 nitrogen and oxygen atoms in total. The van der Waals surface area contributed by atoms with Crippen LogP contribution >= 0.6 is 0 Å². The van der Waals surface area contributed by atoms with Crippen LogP contribution in [-0.4, -0.2) is 54.8 Å². The zero-order valence-corrected chi connectivity index (χ0v) is 18.6. The lowest BCUT2D eigenvalue weighted by molar-refractivity contribution is -0.121. The number of carbonyl (C=O) groups is 3. The number of rotatable bonds is 9. The molecule has 3 N–H and O–H groups in total. The van der Waals surface area contributed by atoms with E-state index in [0.717, 1.165) is 58.0 Å². The first kappa shape index (κ1) is 23.3. The van der Waals surface area contributed by atoms with Crippen molar-refractivity contribution in [3.05, 3.63) is 29.8 Å². The first-order valence-corrected chi connectivity index (χ1v) is 11.7. The van der Waals surface area contributed by atoms with Crippen LogP contribution in [0.4, 0.5) is 5.69 Å². The van der Waals surface area contributed by atoms with Crippen molar-refractivity contribution < 1.29 is 14.4 Å². The van der Waals surface area contributed by atoms with Gasteiger partial charge in [-0.3, -0.25) is 19.3 Å². The lowest BCUT2D eigenvalue weighted by Crippen LogP contribution is -2.44. The number of hydrogen-bond acceptors (Lipinski definition) is 4. The number of likely N-dealkylation sites (tertiary alicyclic amines) is 1. The van der Waals surface area contributed by atoms with Gasteiger partial charge < -0.3 is 16.0 Å². The number of carbonyl (C=O) groups excluding carboxylic acids is 3. The maximum Gasteiger partial charge on any atom is 0.253 e. The van der Waals surface area contributed by atoms with Gasteiger partial charge in [-0.15, -0.1) is 0 Å². The van der Waals surface area contributed by atoms with Crippen molar-refractivity contribution in [3.8, 4) is 0 Å². The lowest BCUT2D eigenvalue weighted by Gasteiger charge is -2.32. The first-order valence-electron chi connectivity index (χ1n) is 11.7. The quantitative estimate of drug-likeness (QED) is 0.564. The second kappa shape index (κ2) is 11.8.